The van der Waals surface area contributed by atoms with Gasteiger partial charge in [-0.2, -0.15) is 0 Å². The number of carbonyl (C=O) groups excluding carboxylic acids is 1. The number of nitrogens with zero attached hydrogens (tertiary/aromatic N) is 1. The summed E-state index contributed by atoms with van der Waals surface area (Å²) in [6, 6.07) is 8.40. The topological polar surface area (TPSA) is 41.6 Å². The van der Waals surface area contributed by atoms with Crippen molar-refractivity contribution in [3.8, 4) is 0 Å². The van der Waals surface area contributed by atoms with Crippen molar-refractivity contribution in [2.75, 3.05) is 26.2 Å². The van der Waals surface area contributed by atoms with Gasteiger partial charge in [0.05, 0.1) is 12.1 Å². The van der Waals surface area contributed by atoms with Crippen LogP contribution in [0.1, 0.15) is 30.9 Å². The van der Waals surface area contributed by atoms with Crippen LogP contribution in [0.25, 0.3) is 0 Å². The Hall–Kier alpha value is -1.39. The van der Waals surface area contributed by atoms with Gasteiger partial charge in [0.15, 0.2) is 0 Å². The maximum Gasteiger partial charge on any atom is 0.248 e. The molecule has 0 spiro atoms. The van der Waals surface area contributed by atoms with Crippen molar-refractivity contribution < 1.29 is 9.53 Å². The van der Waals surface area contributed by atoms with Crippen molar-refractivity contribution in [2.45, 2.75) is 38.8 Å². The van der Waals surface area contributed by atoms with Crippen molar-refractivity contribution in [1.82, 2.24) is 10.2 Å². The minimum absolute atomic E-state index is 0.105. The van der Waals surface area contributed by atoms with E-state index in [0.29, 0.717) is 19.0 Å². The zero-order valence-electron chi connectivity index (χ0n) is 13.6. The van der Waals surface area contributed by atoms with Crippen molar-refractivity contribution in [2.24, 2.45) is 5.92 Å². The second kappa shape index (κ2) is 6.39. The second-order valence-corrected chi connectivity index (χ2v) is 6.86. The first-order chi connectivity index (χ1) is 10.6. The summed E-state index contributed by atoms with van der Waals surface area (Å²) >= 11 is 0. The van der Waals surface area contributed by atoms with Crippen LogP contribution in [0.15, 0.2) is 24.3 Å². The number of ether oxygens (including phenoxy) is 1. The zero-order valence-corrected chi connectivity index (χ0v) is 13.6. The first kappa shape index (κ1) is 15.5. The number of rotatable bonds is 3. The summed E-state index contributed by atoms with van der Waals surface area (Å²) in [7, 11) is 0. The van der Waals surface area contributed by atoms with E-state index in [1.54, 1.807) is 0 Å². The molecule has 2 heterocycles. The molecule has 2 fully saturated rings. The number of benzene rings is 1. The van der Waals surface area contributed by atoms with E-state index >= 15 is 0 Å². The summed E-state index contributed by atoms with van der Waals surface area (Å²) in [5.41, 5.74) is 2.22. The van der Waals surface area contributed by atoms with Gasteiger partial charge in [-0.3, -0.25) is 4.79 Å². The smallest absolute Gasteiger partial charge is 0.248 e. The highest BCUT2D eigenvalue weighted by molar-refractivity contribution is 5.78. The number of aryl methyl sites for hydroxylation is 1. The highest BCUT2D eigenvalue weighted by Crippen LogP contribution is 2.33. The van der Waals surface area contributed by atoms with Crippen molar-refractivity contribution in [3.63, 3.8) is 0 Å². The van der Waals surface area contributed by atoms with Gasteiger partial charge in [0.2, 0.25) is 5.91 Å². The lowest BCUT2D eigenvalue weighted by atomic mass is 9.81. The Morgan fingerprint density at radius 3 is 2.86 bits per heavy atom. The van der Waals surface area contributed by atoms with Crippen molar-refractivity contribution >= 4 is 5.91 Å². The van der Waals surface area contributed by atoms with Crippen LogP contribution in [0.3, 0.4) is 0 Å². The lowest BCUT2D eigenvalue weighted by Crippen LogP contribution is -2.57. The van der Waals surface area contributed by atoms with Gasteiger partial charge < -0.3 is 15.0 Å². The molecule has 1 aromatic carbocycles. The summed E-state index contributed by atoms with van der Waals surface area (Å²) in [4.78, 5) is 14.2. The number of nitrogens with one attached hydrogen (secondary N) is 1. The maximum atomic E-state index is 12.2. The molecule has 1 atom stereocenters. The van der Waals surface area contributed by atoms with Crippen LogP contribution in [-0.2, 0) is 16.1 Å². The van der Waals surface area contributed by atoms with E-state index in [2.05, 4.69) is 43.4 Å². The third kappa shape index (κ3) is 3.33. The first-order valence-electron chi connectivity index (χ1n) is 8.25. The standard InChI is InChI=1S/C18H26N2O2/c1-14-4-3-5-15(10-14)11-20-13-18(2,22-12-17(20)21)16-6-8-19-9-7-16/h3-5,10,16,19H,6-9,11-13H2,1-2H3. The Morgan fingerprint density at radius 1 is 1.36 bits per heavy atom. The van der Waals surface area contributed by atoms with E-state index < -0.39 is 0 Å². The van der Waals surface area contributed by atoms with Crippen molar-refractivity contribution in [3.05, 3.63) is 35.4 Å². The molecule has 1 N–H and O–H groups in total. The largest absolute Gasteiger partial charge is 0.363 e. The van der Waals surface area contributed by atoms with Gasteiger partial charge in [0, 0.05) is 6.54 Å². The van der Waals surface area contributed by atoms with Gasteiger partial charge in [-0.25, -0.2) is 0 Å². The van der Waals surface area contributed by atoms with Crippen LogP contribution in [0.5, 0.6) is 0 Å². The van der Waals surface area contributed by atoms with E-state index in [-0.39, 0.29) is 18.1 Å². The van der Waals surface area contributed by atoms with Crippen LogP contribution in [0.4, 0.5) is 0 Å². The van der Waals surface area contributed by atoms with Crippen LogP contribution < -0.4 is 5.32 Å². The molecule has 1 amide bonds. The number of carbonyl (C=O) groups is 1. The number of piperidine rings is 1. The Bertz CT molecular complexity index is 540. The minimum Gasteiger partial charge on any atom is -0.363 e. The van der Waals surface area contributed by atoms with Crippen molar-refractivity contribution in [1.29, 1.82) is 0 Å². The maximum absolute atomic E-state index is 12.2. The van der Waals surface area contributed by atoms with Crippen LogP contribution in [-0.4, -0.2) is 42.6 Å². The minimum atomic E-state index is -0.208. The number of hydrogen-bond donors (Lipinski definition) is 1. The molecule has 0 bridgehead atoms. The summed E-state index contributed by atoms with van der Waals surface area (Å²) < 4.78 is 5.99. The van der Waals surface area contributed by atoms with Crippen LogP contribution >= 0.6 is 0 Å². The molecule has 1 unspecified atom stereocenters. The zero-order chi connectivity index (χ0) is 15.6. The predicted molar refractivity (Wildman–Crippen MR) is 86.5 cm³/mol. The lowest BCUT2D eigenvalue weighted by molar-refractivity contribution is -0.172. The molecule has 0 saturated carbocycles. The Morgan fingerprint density at radius 2 is 2.14 bits per heavy atom. The molecule has 0 aliphatic carbocycles. The average molecular weight is 302 g/mol. The first-order valence-corrected chi connectivity index (χ1v) is 8.25. The molecule has 2 aliphatic rings. The Kier molecular flexibility index (Phi) is 4.50. The third-order valence-electron chi connectivity index (χ3n) is 5.04. The second-order valence-electron chi connectivity index (χ2n) is 6.86. The van der Waals surface area contributed by atoms with E-state index in [1.165, 1.54) is 11.1 Å². The van der Waals surface area contributed by atoms with Gasteiger partial charge >= 0.3 is 0 Å². The van der Waals surface area contributed by atoms with E-state index in [9.17, 15) is 4.79 Å². The van der Waals surface area contributed by atoms with E-state index in [1.807, 2.05) is 4.90 Å². The fourth-order valence-electron chi connectivity index (χ4n) is 3.69. The Labute approximate surface area is 132 Å². The van der Waals surface area contributed by atoms with Gasteiger partial charge in [0.25, 0.3) is 0 Å². The molecule has 2 saturated heterocycles. The van der Waals surface area contributed by atoms with E-state index in [4.69, 9.17) is 4.74 Å². The monoisotopic (exact) mass is 302 g/mol. The highest BCUT2D eigenvalue weighted by Gasteiger charge is 2.42. The molecule has 4 nitrogen and oxygen atoms in total. The normalized spacial score (nSPS) is 27.2. The number of morpholine rings is 1. The molecule has 1 aromatic rings. The summed E-state index contributed by atoms with van der Waals surface area (Å²) in [6.45, 7) is 7.97. The van der Waals surface area contributed by atoms with E-state index in [0.717, 1.165) is 25.9 Å². The van der Waals surface area contributed by atoms with Gasteiger partial charge in [-0.15, -0.1) is 0 Å². The SMILES string of the molecule is Cc1cccc(CN2CC(C)(C3CCNCC3)OCC2=O)c1. The molecule has 120 valence electrons. The average Bonchev–Trinajstić information content (AvgIpc) is 2.52. The summed E-state index contributed by atoms with van der Waals surface area (Å²) in [6.07, 6.45) is 2.26. The molecular weight excluding hydrogens is 276 g/mol. The quantitative estimate of drug-likeness (QED) is 0.930. The summed E-state index contributed by atoms with van der Waals surface area (Å²) in [5.74, 6) is 0.634. The van der Waals surface area contributed by atoms with Crippen LogP contribution in [0.2, 0.25) is 0 Å². The molecule has 2 aliphatic heterocycles. The molecule has 0 aromatic heterocycles. The predicted octanol–water partition coefficient (Wildman–Crippen LogP) is 2.11. The fourth-order valence-corrected chi connectivity index (χ4v) is 3.69. The molecule has 22 heavy (non-hydrogen) atoms. The molecule has 4 heteroatoms. The molecule has 3 rings (SSSR count). The highest BCUT2D eigenvalue weighted by atomic mass is 16.5. The van der Waals surface area contributed by atoms with Gasteiger partial charge in [-0.1, -0.05) is 29.8 Å². The fraction of sp³-hybridized carbons (Fsp3) is 0.611. The third-order valence-corrected chi connectivity index (χ3v) is 5.04. The molecule has 0 radical (unpaired) electrons. The lowest BCUT2D eigenvalue weighted by Gasteiger charge is -2.46. The summed E-state index contributed by atoms with van der Waals surface area (Å²) in [5, 5.41) is 3.40. The van der Waals surface area contributed by atoms with Crippen LogP contribution in [0, 0.1) is 12.8 Å². The number of amides is 1. The van der Waals surface area contributed by atoms with Gasteiger partial charge in [-0.05, 0) is 51.3 Å². The van der Waals surface area contributed by atoms with Gasteiger partial charge in [0.1, 0.15) is 6.61 Å². The molecular formula is C18H26N2O2. The number of hydrogen-bond acceptors (Lipinski definition) is 3. The Balaban J connectivity index is 1.71.